The van der Waals surface area contributed by atoms with Crippen molar-refractivity contribution in [3.8, 4) is 0 Å². The molecule has 1 aliphatic heterocycles. The zero-order valence-corrected chi connectivity index (χ0v) is 15.2. The molecule has 0 aromatic heterocycles. The van der Waals surface area contributed by atoms with Crippen LogP contribution in [-0.2, 0) is 22.6 Å². The average molecular weight is 372 g/mol. The van der Waals surface area contributed by atoms with E-state index in [2.05, 4.69) is 5.32 Å². The van der Waals surface area contributed by atoms with Crippen LogP contribution >= 0.6 is 11.8 Å². The van der Waals surface area contributed by atoms with Crippen LogP contribution in [-0.4, -0.2) is 34.4 Å². The third-order valence-electron chi connectivity index (χ3n) is 4.38. The first-order valence-corrected chi connectivity index (χ1v) is 9.73. The van der Waals surface area contributed by atoms with Gasteiger partial charge in [-0.3, -0.25) is 9.59 Å². The fourth-order valence-electron chi connectivity index (χ4n) is 2.89. The van der Waals surface area contributed by atoms with Gasteiger partial charge in [-0.1, -0.05) is 48.5 Å². The van der Waals surface area contributed by atoms with E-state index in [1.54, 1.807) is 34.9 Å². The molecule has 4 nitrogen and oxygen atoms in total. The molecule has 2 amide bonds. The van der Waals surface area contributed by atoms with Crippen LogP contribution in [0.2, 0.25) is 0 Å². The van der Waals surface area contributed by atoms with Gasteiger partial charge in [-0.15, -0.1) is 11.8 Å². The second-order valence-electron chi connectivity index (χ2n) is 6.17. The number of carbonyl (C=O) groups excluding carboxylic acids is 2. The van der Waals surface area contributed by atoms with Crippen molar-refractivity contribution in [2.45, 2.75) is 25.4 Å². The van der Waals surface area contributed by atoms with E-state index < -0.39 is 6.04 Å². The SMILES string of the molecule is O=C(NCc1ccccc1)C1CSCN1C(=O)CCc1ccccc1F. The lowest BCUT2D eigenvalue weighted by atomic mass is 10.1. The quantitative estimate of drug-likeness (QED) is 0.848. The minimum Gasteiger partial charge on any atom is -0.350 e. The standard InChI is InChI=1S/C20H21FN2O2S/c21-17-9-5-4-8-16(17)10-11-19(24)23-14-26-13-18(23)20(25)22-12-15-6-2-1-3-7-15/h1-9,18H,10-14H2,(H,22,25). The summed E-state index contributed by atoms with van der Waals surface area (Å²) < 4.78 is 13.7. The Kier molecular flexibility index (Phi) is 6.28. The van der Waals surface area contributed by atoms with Crippen molar-refractivity contribution in [3.05, 3.63) is 71.5 Å². The first kappa shape index (κ1) is 18.5. The van der Waals surface area contributed by atoms with Crippen LogP contribution in [0.4, 0.5) is 4.39 Å². The number of benzene rings is 2. The zero-order valence-electron chi connectivity index (χ0n) is 14.4. The number of nitrogens with one attached hydrogen (secondary N) is 1. The molecular formula is C20H21FN2O2S. The van der Waals surface area contributed by atoms with Gasteiger partial charge in [0.1, 0.15) is 11.9 Å². The monoisotopic (exact) mass is 372 g/mol. The fraction of sp³-hybridized carbons (Fsp3) is 0.300. The van der Waals surface area contributed by atoms with Gasteiger partial charge in [0.2, 0.25) is 11.8 Å². The molecule has 6 heteroatoms. The van der Waals surface area contributed by atoms with E-state index in [9.17, 15) is 14.0 Å². The highest BCUT2D eigenvalue weighted by molar-refractivity contribution is 7.99. The van der Waals surface area contributed by atoms with Crippen molar-refractivity contribution in [1.82, 2.24) is 10.2 Å². The lowest BCUT2D eigenvalue weighted by molar-refractivity contribution is -0.138. The van der Waals surface area contributed by atoms with E-state index in [4.69, 9.17) is 0 Å². The van der Waals surface area contributed by atoms with E-state index in [1.165, 1.54) is 6.07 Å². The molecule has 2 aromatic rings. The molecule has 1 saturated heterocycles. The van der Waals surface area contributed by atoms with Crippen LogP contribution in [0, 0.1) is 5.82 Å². The predicted octanol–water partition coefficient (Wildman–Crippen LogP) is 2.98. The molecule has 1 fully saturated rings. The van der Waals surface area contributed by atoms with Crippen LogP contribution in [0.1, 0.15) is 17.5 Å². The van der Waals surface area contributed by atoms with E-state index in [1.807, 2.05) is 30.3 Å². The van der Waals surface area contributed by atoms with Crippen LogP contribution in [0.3, 0.4) is 0 Å². The maximum atomic E-state index is 13.7. The number of hydrogen-bond donors (Lipinski definition) is 1. The van der Waals surface area contributed by atoms with Crippen molar-refractivity contribution in [2.75, 3.05) is 11.6 Å². The molecule has 1 N–H and O–H groups in total. The number of rotatable bonds is 6. The molecule has 2 aromatic carbocycles. The highest BCUT2D eigenvalue weighted by atomic mass is 32.2. The summed E-state index contributed by atoms with van der Waals surface area (Å²) in [5.74, 6) is 0.537. The number of carbonyl (C=O) groups is 2. The van der Waals surface area contributed by atoms with Gasteiger partial charge >= 0.3 is 0 Å². The third kappa shape index (κ3) is 4.64. The summed E-state index contributed by atoms with van der Waals surface area (Å²) in [5.41, 5.74) is 1.54. The topological polar surface area (TPSA) is 49.4 Å². The molecule has 0 saturated carbocycles. The lowest BCUT2D eigenvalue weighted by Gasteiger charge is -2.23. The van der Waals surface area contributed by atoms with Gasteiger partial charge in [-0.2, -0.15) is 0 Å². The van der Waals surface area contributed by atoms with Crippen LogP contribution in [0.5, 0.6) is 0 Å². The normalized spacial score (nSPS) is 16.5. The minimum absolute atomic E-state index is 0.113. The maximum absolute atomic E-state index is 13.7. The van der Waals surface area contributed by atoms with E-state index in [-0.39, 0.29) is 24.1 Å². The molecule has 0 spiro atoms. The van der Waals surface area contributed by atoms with Gasteiger partial charge in [-0.25, -0.2) is 4.39 Å². The van der Waals surface area contributed by atoms with E-state index in [0.717, 1.165) is 5.56 Å². The third-order valence-corrected chi connectivity index (χ3v) is 5.39. The van der Waals surface area contributed by atoms with Crippen molar-refractivity contribution in [1.29, 1.82) is 0 Å². The summed E-state index contributed by atoms with van der Waals surface area (Å²) >= 11 is 1.56. The number of nitrogens with zero attached hydrogens (tertiary/aromatic N) is 1. The molecule has 3 rings (SSSR count). The molecule has 0 bridgehead atoms. The largest absolute Gasteiger partial charge is 0.350 e. The van der Waals surface area contributed by atoms with Crippen LogP contribution in [0.15, 0.2) is 54.6 Å². The van der Waals surface area contributed by atoms with Crippen molar-refractivity contribution in [3.63, 3.8) is 0 Å². The van der Waals surface area contributed by atoms with Gasteiger partial charge < -0.3 is 10.2 Å². The summed E-state index contributed by atoms with van der Waals surface area (Å²) in [5, 5.41) is 2.90. The number of thioether (sulfide) groups is 1. The molecule has 1 unspecified atom stereocenters. The highest BCUT2D eigenvalue weighted by Crippen LogP contribution is 2.23. The van der Waals surface area contributed by atoms with Crippen LogP contribution < -0.4 is 5.32 Å². The molecule has 1 heterocycles. The zero-order chi connectivity index (χ0) is 18.4. The first-order valence-electron chi connectivity index (χ1n) is 8.57. The number of aryl methyl sites for hydroxylation is 1. The Labute approximate surface area is 156 Å². The molecule has 0 radical (unpaired) electrons. The molecule has 1 atom stereocenters. The summed E-state index contributed by atoms with van der Waals surface area (Å²) in [4.78, 5) is 26.6. The van der Waals surface area contributed by atoms with Gasteiger partial charge in [0.15, 0.2) is 0 Å². The summed E-state index contributed by atoms with van der Waals surface area (Å²) in [6, 6.07) is 15.7. The van der Waals surface area contributed by atoms with Crippen LogP contribution in [0.25, 0.3) is 0 Å². The highest BCUT2D eigenvalue weighted by Gasteiger charge is 2.34. The van der Waals surface area contributed by atoms with Gasteiger partial charge in [0, 0.05) is 18.7 Å². The Morgan fingerprint density at radius 2 is 1.85 bits per heavy atom. The van der Waals surface area contributed by atoms with E-state index in [0.29, 0.717) is 30.2 Å². The number of hydrogen-bond acceptors (Lipinski definition) is 3. The van der Waals surface area contributed by atoms with Crippen molar-refractivity contribution in [2.24, 2.45) is 0 Å². The Morgan fingerprint density at radius 3 is 2.62 bits per heavy atom. The average Bonchev–Trinajstić information content (AvgIpc) is 3.16. The maximum Gasteiger partial charge on any atom is 0.243 e. The lowest BCUT2D eigenvalue weighted by Crippen LogP contribution is -2.47. The van der Waals surface area contributed by atoms with Gasteiger partial charge in [0.25, 0.3) is 0 Å². The molecule has 136 valence electrons. The molecular weight excluding hydrogens is 351 g/mol. The molecule has 26 heavy (non-hydrogen) atoms. The number of amides is 2. The molecule has 1 aliphatic rings. The van der Waals surface area contributed by atoms with Crippen molar-refractivity contribution < 1.29 is 14.0 Å². The second kappa shape index (κ2) is 8.85. The smallest absolute Gasteiger partial charge is 0.243 e. The Morgan fingerprint density at radius 1 is 1.12 bits per heavy atom. The molecule has 0 aliphatic carbocycles. The Hall–Kier alpha value is -2.34. The first-order chi connectivity index (χ1) is 12.6. The summed E-state index contributed by atoms with van der Waals surface area (Å²) in [6.45, 7) is 0.443. The summed E-state index contributed by atoms with van der Waals surface area (Å²) in [7, 11) is 0. The van der Waals surface area contributed by atoms with Gasteiger partial charge in [-0.05, 0) is 23.6 Å². The van der Waals surface area contributed by atoms with E-state index >= 15 is 0 Å². The fourth-order valence-corrected chi connectivity index (χ4v) is 4.08. The Balaban J connectivity index is 1.54. The minimum atomic E-state index is -0.461. The second-order valence-corrected chi connectivity index (χ2v) is 7.17. The van der Waals surface area contributed by atoms with Gasteiger partial charge in [0.05, 0.1) is 5.88 Å². The number of halogens is 1. The van der Waals surface area contributed by atoms with Crippen molar-refractivity contribution >= 4 is 23.6 Å². The predicted molar refractivity (Wildman–Crippen MR) is 101 cm³/mol. The Bertz CT molecular complexity index is 769. The summed E-state index contributed by atoms with van der Waals surface area (Å²) in [6.07, 6.45) is 0.537.